The maximum absolute atomic E-state index is 12.4. The van der Waals surface area contributed by atoms with Gasteiger partial charge >= 0.3 is 0 Å². The van der Waals surface area contributed by atoms with Crippen molar-refractivity contribution in [2.24, 2.45) is 0 Å². The van der Waals surface area contributed by atoms with Crippen molar-refractivity contribution in [3.8, 4) is 5.75 Å². The van der Waals surface area contributed by atoms with E-state index in [9.17, 15) is 4.79 Å². The van der Waals surface area contributed by atoms with Gasteiger partial charge in [-0.1, -0.05) is 41.9 Å². The minimum absolute atomic E-state index is 0.226. The molecule has 1 saturated heterocycles. The molecule has 0 atom stereocenters. The molecule has 0 spiro atoms. The number of benzene rings is 2. The highest BCUT2D eigenvalue weighted by atomic mass is 35.5. The van der Waals surface area contributed by atoms with Crippen LogP contribution in [0.4, 0.5) is 0 Å². The van der Waals surface area contributed by atoms with Crippen molar-refractivity contribution in [1.82, 2.24) is 9.80 Å². The summed E-state index contributed by atoms with van der Waals surface area (Å²) in [6.45, 7) is 4.84. The summed E-state index contributed by atoms with van der Waals surface area (Å²) in [6.07, 6.45) is 1.29. The summed E-state index contributed by atoms with van der Waals surface area (Å²) in [4.78, 5) is 16.7. The summed E-state index contributed by atoms with van der Waals surface area (Å²) in [7, 11) is 0. The molecule has 0 aliphatic carbocycles. The molecule has 4 nitrogen and oxygen atoms in total. The van der Waals surface area contributed by atoms with Gasteiger partial charge in [-0.15, -0.1) is 0 Å². The molecule has 0 N–H and O–H groups in total. The van der Waals surface area contributed by atoms with Crippen LogP contribution in [-0.2, 0) is 11.3 Å². The summed E-state index contributed by atoms with van der Waals surface area (Å²) >= 11 is 6.05. The summed E-state index contributed by atoms with van der Waals surface area (Å²) < 4.78 is 5.65. The summed E-state index contributed by atoms with van der Waals surface area (Å²) in [5, 5.41) is 0.772. The first kappa shape index (κ1) is 18.7. The first-order chi connectivity index (χ1) is 12.7. The molecule has 1 aliphatic rings. The number of hydrogen-bond acceptors (Lipinski definition) is 3. The first-order valence-electron chi connectivity index (χ1n) is 9.13. The average molecular weight is 373 g/mol. The second-order valence-corrected chi connectivity index (χ2v) is 6.99. The molecular weight excluding hydrogens is 348 g/mol. The molecule has 3 rings (SSSR count). The topological polar surface area (TPSA) is 32.8 Å². The monoisotopic (exact) mass is 372 g/mol. The van der Waals surface area contributed by atoms with E-state index in [1.165, 1.54) is 5.56 Å². The Kier molecular flexibility index (Phi) is 6.92. The number of carbonyl (C=O) groups excluding carboxylic acids is 1. The molecule has 0 unspecified atom stereocenters. The van der Waals surface area contributed by atoms with Gasteiger partial charge in [0, 0.05) is 44.2 Å². The summed E-state index contributed by atoms with van der Waals surface area (Å²) in [6, 6.07) is 17.7. The highest BCUT2D eigenvalue weighted by Crippen LogP contribution is 2.14. The average Bonchev–Trinajstić information content (AvgIpc) is 2.66. The quantitative estimate of drug-likeness (QED) is 0.692. The standard InChI is InChI=1S/C21H25ClN2O2/c22-19-7-4-6-18(16-19)17-23-11-13-24(14-12-23)21(25)10-5-15-26-20-8-2-1-3-9-20/h1-4,6-9,16H,5,10-15,17H2. The lowest BCUT2D eigenvalue weighted by molar-refractivity contribution is -0.133. The number of amides is 1. The molecule has 2 aromatic rings. The molecule has 1 fully saturated rings. The van der Waals surface area contributed by atoms with Crippen LogP contribution in [0, 0.1) is 0 Å². The molecule has 0 radical (unpaired) electrons. The van der Waals surface area contributed by atoms with Crippen LogP contribution < -0.4 is 4.74 Å². The van der Waals surface area contributed by atoms with E-state index in [0.29, 0.717) is 13.0 Å². The maximum atomic E-state index is 12.4. The van der Waals surface area contributed by atoms with E-state index in [4.69, 9.17) is 16.3 Å². The van der Waals surface area contributed by atoms with Crippen LogP contribution in [0.2, 0.25) is 5.02 Å². The third-order valence-corrected chi connectivity index (χ3v) is 4.80. The predicted molar refractivity (Wildman–Crippen MR) is 104 cm³/mol. The fourth-order valence-corrected chi connectivity index (χ4v) is 3.35. The van der Waals surface area contributed by atoms with Crippen molar-refractivity contribution in [2.45, 2.75) is 19.4 Å². The van der Waals surface area contributed by atoms with Gasteiger partial charge in [0.15, 0.2) is 0 Å². The number of piperazine rings is 1. The zero-order valence-corrected chi connectivity index (χ0v) is 15.7. The summed E-state index contributed by atoms with van der Waals surface area (Å²) in [5.74, 6) is 1.08. The van der Waals surface area contributed by atoms with Crippen molar-refractivity contribution >= 4 is 17.5 Å². The van der Waals surface area contributed by atoms with Gasteiger partial charge in [-0.05, 0) is 36.2 Å². The first-order valence-corrected chi connectivity index (χ1v) is 9.51. The Morgan fingerprint density at radius 1 is 1.00 bits per heavy atom. The van der Waals surface area contributed by atoms with Crippen molar-refractivity contribution in [3.63, 3.8) is 0 Å². The van der Waals surface area contributed by atoms with E-state index >= 15 is 0 Å². The van der Waals surface area contributed by atoms with E-state index in [2.05, 4.69) is 11.0 Å². The minimum atomic E-state index is 0.226. The molecule has 0 bridgehead atoms. The smallest absolute Gasteiger partial charge is 0.222 e. The largest absolute Gasteiger partial charge is 0.494 e. The molecular formula is C21H25ClN2O2. The number of carbonyl (C=O) groups is 1. The van der Waals surface area contributed by atoms with Crippen LogP contribution in [0.3, 0.4) is 0 Å². The Morgan fingerprint density at radius 3 is 2.50 bits per heavy atom. The highest BCUT2D eigenvalue weighted by molar-refractivity contribution is 6.30. The summed E-state index contributed by atoms with van der Waals surface area (Å²) in [5.41, 5.74) is 1.22. The Balaban J connectivity index is 1.34. The normalized spacial score (nSPS) is 15.0. The maximum Gasteiger partial charge on any atom is 0.222 e. The van der Waals surface area contributed by atoms with Crippen LogP contribution in [0.15, 0.2) is 54.6 Å². The fourth-order valence-electron chi connectivity index (χ4n) is 3.14. The molecule has 1 heterocycles. The lowest BCUT2D eigenvalue weighted by atomic mass is 10.2. The second kappa shape index (κ2) is 9.60. The number of rotatable bonds is 7. The Morgan fingerprint density at radius 2 is 1.77 bits per heavy atom. The van der Waals surface area contributed by atoms with E-state index < -0.39 is 0 Å². The van der Waals surface area contributed by atoms with Gasteiger partial charge < -0.3 is 9.64 Å². The molecule has 1 amide bonds. The molecule has 138 valence electrons. The van der Waals surface area contributed by atoms with Gasteiger partial charge in [0.25, 0.3) is 0 Å². The van der Waals surface area contributed by atoms with Gasteiger partial charge in [-0.2, -0.15) is 0 Å². The van der Waals surface area contributed by atoms with Gasteiger partial charge in [0.2, 0.25) is 5.91 Å². The van der Waals surface area contributed by atoms with Crippen molar-refractivity contribution in [2.75, 3.05) is 32.8 Å². The van der Waals surface area contributed by atoms with E-state index in [1.54, 1.807) is 0 Å². The SMILES string of the molecule is O=C(CCCOc1ccccc1)N1CCN(Cc2cccc(Cl)c2)CC1. The minimum Gasteiger partial charge on any atom is -0.494 e. The molecule has 0 saturated carbocycles. The third kappa shape index (κ3) is 5.75. The molecule has 1 aliphatic heterocycles. The lowest BCUT2D eigenvalue weighted by Crippen LogP contribution is -2.48. The van der Waals surface area contributed by atoms with Crippen molar-refractivity contribution < 1.29 is 9.53 Å². The number of hydrogen-bond donors (Lipinski definition) is 0. The second-order valence-electron chi connectivity index (χ2n) is 6.55. The number of nitrogens with zero attached hydrogens (tertiary/aromatic N) is 2. The number of para-hydroxylation sites is 1. The Labute approximate surface area is 160 Å². The van der Waals surface area contributed by atoms with Gasteiger partial charge in [0.1, 0.15) is 5.75 Å². The van der Waals surface area contributed by atoms with Gasteiger partial charge in [-0.25, -0.2) is 0 Å². The van der Waals surface area contributed by atoms with Crippen molar-refractivity contribution in [3.05, 3.63) is 65.2 Å². The molecule has 2 aromatic carbocycles. The Bertz CT molecular complexity index is 700. The predicted octanol–water partition coefficient (Wildman–Crippen LogP) is 3.84. The zero-order chi connectivity index (χ0) is 18.2. The van der Waals surface area contributed by atoms with Crippen LogP contribution in [0.25, 0.3) is 0 Å². The van der Waals surface area contributed by atoms with Gasteiger partial charge in [-0.3, -0.25) is 9.69 Å². The van der Waals surface area contributed by atoms with Crippen LogP contribution in [0.5, 0.6) is 5.75 Å². The van der Waals surface area contributed by atoms with Crippen LogP contribution >= 0.6 is 11.6 Å². The highest BCUT2D eigenvalue weighted by Gasteiger charge is 2.20. The Hall–Kier alpha value is -2.04. The number of ether oxygens (including phenoxy) is 1. The molecule has 0 aromatic heterocycles. The molecule has 5 heteroatoms. The van der Waals surface area contributed by atoms with Crippen LogP contribution in [-0.4, -0.2) is 48.5 Å². The fraction of sp³-hybridized carbons (Fsp3) is 0.381. The lowest BCUT2D eigenvalue weighted by Gasteiger charge is -2.34. The van der Waals surface area contributed by atoms with E-state index in [0.717, 1.165) is 49.9 Å². The van der Waals surface area contributed by atoms with Gasteiger partial charge in [0.05, 0.1) is 6.61 Å². The number of halogens is 1. The van der Waals surface area contributed by atoms with E-state index in [-0.39, 0.29) is 5.91 Å². The molecule has 26 heavy (non-hydrogen) atoms. The zero-order valence-electron chi connectivity index (χ0n) is 14.9. The van der Waals surface area contributed by atoms with Crippen LogP contribution in [0.1, 0.15) is 18.4 Å². The van der Waals surface area contributed by atoms with Crippen molar-refractivity contribution in [1.29, 1.82) is 0 Å². The van der Waals surface area contributed by atoms with E-state index in [1.807, 2.05) is 53.4 Å². The third-order valence-electron chi connectivity index (χ3n) is 4.57.